The lowest BCUT2D eigenvalue weighted by Crippen LogP contribution is -2.50. The highest BCUT2D eigenvalue weighted by atomic mass is 14.6. The fourth-order valence-electron chi connectivity index (χ4n) is 4.70. The van der Waals surface area contributed by atoms with Crippen molar-refractivity contribution in [3.63, 3.8) is 0 Å². The van der Waals surface area contributed by atoms with E-state index in [9.17, 15) is 0 Å². The van der Waals surface area contributed by atoms with Gasteiger partial charge in [-0.25, -0.2) is 0 Å². The Bertz CT molecular complexity index is 192. The Balaban J connectivity index is 1.97. The molecular formula is C12H20. The first-order chi connectivity index (χ1) is 5.67. The van der Waals surface area contributed by atoms with Crippen LogP contribution in [0.4, 0.5) is 0 Å². The van der Waals surface area contributed by atoms with Crippen molar-refractivity contribution in [2.45, 2.75) is 46.0 Å². The van der Waals surface area contributed by atoms with E-state index in [-0.39, 0.29) is 0 Å². The zero-order chi connectivity index (χ0) is 8.34. The van der Waals surface area contributed by atoms with Crippen LogP contribution in [0.25, 0.3) is 0 Å². The highest BCUT2D eigenvalue weighted by molar-refractivity contribution is 5.02. The first-order valence-corrected chi connectivity index (χ1v) is 5.67. The molecule has 4 rings (SSSR count). The van der Waals surface area contributed by atoms with E-state index in [1.54, 1.807) is 32.1 Å². The molecule has 0 aliphatic heterocycles. The van der Waals surface area contributed by atoms with Gasteiger partial charge in [0.1, 0.15) is 0 Å². The summed E-state index contributed by atoms with van der Waals surface area (Å²) in [6.07, 6.45) is 7.85. The minimum atomic E-state index is 0.759. The van der Waals surface area contributed by atoms with Crippen LogP contribution in [0.1, 0.15) is 46.0 Å². The molecule has 4 aliphatic rings. The van der Waals surface area contributed by atoms with Gasteiger partial charge in [-0.2, -0.15) is 0 Å². The van der Waals surface area contributed by atoms with Crippen LogP contribution in [-0.2, 0) is 0 Å². The normalized spacial score (nSPS) is 62.5. The molecule has 12 heavy (non-hydrogen) atoms. The van der Waals surface area contributed by atoms with Gasteiger partial charge in [0.25, 0.3) is 0 Å². The van der Waals surface area contributed by atoms with E-state index in [0.29, 0.717) is 0 Å². The average molecular weight is 164 g/mol. The molecule has 0 aromatic heterocycles. The lowest BCUT2D eigenvalue weighted by molar-refractivity contribution is -0.0906. The molecule has 0 heterocycles. The van der Waals surface area contributed by atoms with E-state index >= 15 is 0 Å². The fourth-order valence-corrected chi connectivity index (χ4v) is 4.70. The molecule has 4 aliphatic carbocycles. The largest absolute Gasteiger partial charge is 0.0617 e. The quantitative estimate of drug-likeness (QED) is 0.514. The molecule has 4 saturated carbocycles. The van der Waals surface area contributed by atoms with Gasteiger partial charge < -0.3 is 0 Å². The van der Waals surface area contributed by atoms with Crippen LogP contribution >= 0.6 is 0 Å². The molecule has 68 valence electrons. The second kappa shape index (κ2) is 2.08. The van der Waals surface area contributed by atoms with Crippen LogP contribution in [0, 0.1) is 29.1 Å². The standard InChI is InChI=1S/C12H20/c1-8-11-4-9-3-10(5-11)7-12(8,2)6-9/h8-11H,3-7H2,1-2H3. The lowest BCUT2D eigenvalue weighted by atomic mass is 9.46. The Morgan fingerprint density at radius 1 is 1.00 bits per heavy atom. The minimum absolute atomic E-state index is 0.759. The molecule has 4 bridgehead atoms. The molecule has 3 atom stereocenters. The SMILES string of the molecule is CC1C2CC3CC(C2)CC1(C)C3. The number of hydrogen-bond acceptors (Lipinski definition) is 0. The highest BCUT2D eigenvalue weighted by Crippen LogP contribution is 2.62. The first-order valence-electron chi connectivity index (χ1n) is 5.67. The third-order valence-electron chi connectivity index (χ3n) is 5.26. The van der Waals surface area contributed by atoms with Gasteiger partial charge in [0.05, 0.1) is 0 Å². The second-order valence-electron chi connectivity index (χ2n) is 6.05. The molecule has 0 saturated heterocycles. The maximum atomic E-state index is 2.56. The van der Waals surface area contributed by atoms with Crippen molar-refractivity contribution in [2.75, 3.05) is 0 Å². The van der Waals surface area contributed by atoms with Crippen molar-refractivity contribution in [1.29, 1.82) is 0 Å². The first kappa shape index (κ1) is 7.41. The van der Waals surface area contributed by atoms with Gasteiger partial charge in [0.15, 0.2) is 0 Å². The smallest absolute Gasteiger partial charge is 0.0292 e. The van der Waals surface area contributed by atoms with Gasteiger partial charge in [-0.05, 0) is 61.2 Å². The summed E-state index contributed by atoms with van der Waals surface area (Å²) >= 11 is 0. The highest BCUT2D eigenvalue weighted by Gasteiger charge is 2.52. The second-order valence-corrected chi connectivity index (χ2v) is 6.05. The summed E-state index contributed by atoms with van der Waals surface area (Å²) in [7, 11) is 0. The van der Waals surface area contributed by atoms with Crippen molar-refractivity contribution in [2.24, 2.45) is 29.1 Å². The molecule has 0 aromatic rings. The maximum absolute atomic E-state index is 2.56. The fraction of sp³-hybridized carbons (Fsp3) is 1.00. The Labute approximate surface area is 75.7 Å². The number of hydrogen-bond donors (Lipinski definition) is 0. The Kier molecular flexibility index (Phi) is 1.28. The van der Waals surface area contributed by atoms with Gasteiger partial charge in [-0.1, -0.05) is 13.8 Å². The maximum Gasteiger partial charge on any atom is -0.0292 e. The molecule has 0 aromatic carbocycles. The van der Waals surface area contributed by atoms with Crippen molar-refractivity contribution in [3.8, 4) is 0 Å². The summed E-state index contributed by atoms with van der Waals surface area (Å²) in [4.78, 5) is 0. The topological polar surface area (TPSA) is 0 Å². The van der Waals surface area contributed by atoms with Gasteiger partial charge in [0, 0.05) is 0 Å². The van der Waals surface area contributed by atoms with Crippen LogP contribution in [0.3, 0.4) is 0 Å². The van der Waals surface area contributed by atoms with E-state index in [2.05, 4.69) is 13.8 Å². The van der Waals surface area contributed by atoms with Crippen LogP contribution in [-0.4, -0.2) is 0 Å². The van der Waals surface area contributed by atoms with Crippen molar-refractivity contribution in [3.05, 3.63) is 0 Å². The molecule has 3 unspecified atom stereocenters. The summed E-state index contributed by atoms with van der Waals surface area (Å²) in [5, 5.41) is 0. The van der Waals surface area contributed by atoms with E-state index in [1.165, 1.54) is 0 Å². The third kappa shape index (κ3) is 0.791. The van der Waals surface area contributed by atoms with Gasteiger partial charge >= 0.3 is 0 Å². The molecule has 0 spiro atoms. The average Bonchev–Trinajstić information content (AvgIpc) is 1.98. The molecular weight excluding hydrogens is 144 g/mol. The summed E-state index contributed by atoms with van der Waals surface area (Å²) in [6.45, 7) is 5.07. The molecule has 4 fully saturated rings. The summed E-state index contributed by atoms with van der Waals surface area (Å²) < 4.78 is 0. The van der Waals surface area contributed by atoms with Crippen LogP contribution < -0.4 is 0 Å². The summed E-state index contributed by atoms with van der Waals surface area (Å²) in [5.41, 5.74) is 0.759. The van der Waals surface area contributed by atoms with Crippen molar-refractivity contribution in [1.82, 2.24) is 0 Å². The van der Waals surface area contributed by atoms with E-state index < -0.39 is 0 Å². The molecule has 0 N–H and O–H groups in total. The van der Waals surface area contributed by atoms with E-state index in [4.69, 9.17) is 0 Å². The molecule has 0 heteroatoms. The Hall–Kier alpha value is 0. The van der Waals surface area contributed by atoms with Crippen molar-refractivity contribution < 1.29 is 0 Å². The molecule has 0 radical (unpaired) electrons. The lowest BCUT2D eigenvalue weighted by Gasteiger charge is -2.59. The predicted molar refractivity (Wildman–Crippen MR) is 50.8 cm³/mol. The van der Waals surface area contributed by atoms with Crippen molar-refractivity contribution >= 4 is 0 Å². The summed E-state index contributed by atoms with van der Waals surface area (Å²) in [5.74, 6) is 4.40. The monoisotopic (exact) mass is 164 g/mol. The summed E-state index contributed by atoms with van der Waals surface area (Å²) in [6, 6.07) is 0. The van der Waals surface area contributed by atoms with Crippen LogP contribution in [0.2, 0.25) is 0 Å². The molecule has 0 nitrogen and oxygen atoms in total. The minimum Gasteiger partial charge on any atom is -0.0617 e. The van der Waals surface area contributed by atoms with E-state index in [0.717, 1.165) is 29.1 Å². The number of rotatable bonds is 0. The van der Waals surface area contributed by atoms with E-state index in [1.807, 2.05) is 0 Å². The zero-order valence-corrected chi connectivity index (χ0v) is 8.34. The van der Waals surface area contributed by atoms with Gasteiger partial charge in [-0.15, -0.1) is 0 Å². The van der Waals surface area contributed by atoms with Gasteiger partial charge in [-0.3, -0.25) is 0 Å². The predicted octanol–water partition coefficient (Wildman–Crippen LogP) is 3.47. The Morgan fingerprint density at radius 3 is 2.08 bits per heavy atom. The van der Waals surface area contributed by atoms with Crippen LogP contribution in [0.5, 0.6) is 0 Å². The molecule has 0 amide bonds. The third-order valence-corrected chi connectivity index (χ3v) is 5.26. The van der Waals surface area contributed by atoms with Gasteiger partial charge in [0.2, 0.25) is 0 Å². The van der Waals surface area contributed by atoms with Crippen LogP contribution in [0.15, 0.2) is 0 Å². The Morgan fingerprint density at radius 2 is 1.58 bits per heavy atom. The zero-order valence-electron chi connectivity index (χ0n) is 8.34.